The maximum atomic E-state index is 13.2. The first-order chi connectivity index (χ1) is 13.1. The zero-order chi connectivity index (χ0) is 18.5. The van der Waals surface area contributed by atoms with Gasteiger partial charge in [0.15, 0.2) is 0 Å². The number of hydrogen-bond donors (Lipinski definition) is 1. The number of nitrogens with zero attached hydrogens (tertiary/aromatic N) is 3. The first kappa shape index (κ1) is 16.6. The molecule has 0 saturated carbocycles. The lowest BCUT2D eigenvalue weighted by Gasteiger charge is -2.30. The fourth-order valence-corrected chi connectivity index (χ4v) is 4.41. The molecule has 0 fully saturated rings. The second-order valence-corrected chi connectivity index (χ2v) is 8.01. The molecule has 0 spiro atoms. The number of H-pyrrole nitrogens is 1. The molecule has 136 valence electrons. The minimum absolute atomic E-state index is 0.133. The number of aromatic nitrogens is 3. The van der Waals surface area contributed by atoms with Crippen molar-refractivity contribution in [2.24, 2.45) is 0 Å². The smallest absolute Gasteiger partial charge is 0.245 e. The first-order valence-corrected chi connectivity index (χ1v) is 9.90. The van der Waals surface area contributed by atoms with E-state index in [0.29, 0.717) is 6.54 Å². The molecule has 1 aliphatic rings. The molecule has 1 aliphatic heterocycles. The Bertz CT molecular complexity index is 1180. The summed E-state index contributed by atoms with van der Waals surface area (Å²) in [5.74, 6) is 0.133. The van der Waals surface area contributed by atoms with E-state index in [9.17, 15) is 4.79 Å². The number of rotatable bonds is 2. The predicted octanol–water partition coefficient (Wildman–Crippen LogP) is 4.43. The van der Waals surface area contributed by atoms with Crippen molar-refractivity contribution in [2.45, 2.75) is 25.9 Å². The maximum Gasteiger partial charge on any atom is 0.245 e. The highest BCUT2D eigenvalue weighted by atomic mass is 79.9. The Kier molecular flexibility index (Phi) is 3.82. The van der Waals surface area contributed by atoms with Gasteiger partial charge in [-0.15, -0.1) is 0 Å². The van der Waals surface area contributed by atoms with E-state index in [1.807, 2.05) is 46.7 Å². The Balaban J connectivity index is 1.46. The van der Waals surface area contributed by atoms with E-state index in [-0.39, 0.29) is 11.9 Å². The minimum atomic E-state index is -0.282. The average molecular weight is 423 g/mol. The van der Waals surface area contributed by atoms with Crippen molar-refractivity contribution >= 4 is 43.8 Å². The van der Waals surface area contributed by atoms with E-state index < -0.39 is 0 Å². The van der Waals surface area contributed by atoms with Crippen LogP contribution >= 0.6 is 15.9 Å². The van der Waals surface area contributed by atoms with Crippen molar-refractivity contribution in [3.05, 3.63) is 64.5 Å². The van der Waals surface area contributed by atoms with Crippen LogP contribution in [0.25, 0.3) is 21.9 Å². The van der Waals surface area contributed by atoms with Crippen LogP contribution in [-0.2, 0) is 17.8 Å². The molecule has 0 saturated heterocycles. The third kappa shape index (κ3) is 2.67. The highest BCUT2D eigenvalue weighted by Gasteiger charge is 2.28. The molecule has 0 aliphatic carbocycles. The quantitative estimate of drug-likeness (QED) is 0.519. The van der Waals surface area contributed by atoms with Crippen LogP contribution in [0.15, 0.2) is 53.3 Å². The molecule has 5 rings (SSSR count). The molecule has 1 atom stereocenters. The minimum Gasteiger partial charge on any atom is -0.358 e. The zero-order valence-electron chi connectivity index (χ0n) is 14.9. The number of carbonyl (C=O) groups is 1. The van der Waals surface area contributed by atoms with Gasteiger partial charge < -0.3 is 14.5 Å². The third-order valence-corrected chi connectivity index (χ3v) is 6.00. The normalized spacial score (nSPS) is 15.3. The highest BCUT2D eigenvalue weighted by Crippen LogP contribution is 2.31. The van der Waals surface area contributed by atoms with E-state index >= 15 is 0 Å². The van der Waals surface area contributed by atoms with Gasteiger partial charge in [-0.3, -0.25) is 4.79 Å². The van der Waals surface area contributed by atoms with Gasteiger partial charge in [0, 0.05) is 46.1 Å². The van der Waals surface area contributed by atoms with Crippen LogP contribution < -0.4 is 0 Å². The number of nitrogens with one attached hydrogen (secondary N) is 1. The lowest BCUT2D eigenvalue weighted by molar-refractivity contribution is -0.135. The molecule has 27 heavy (non-hydrogen) atoms. The summed E-state index contributed by atoms with van der Waals surface area (Å²) in [5.41, 5.74) is 5.51. The van der Waals surface area contributed by atoms with Crippen molar-refractivity contribution in [1.29, 1.82) is 0 Å². The molecule has 0 bridgehead atoms. The van der Waals surface area contributed by atoms with Gasteiger partial charge in [-0.05, 0) is 37.3 Å². The van der Waals surface area contributed by atoms with Crippen LogP contribution in [0.3, 0.4) is 0 Å². The third-order valence-electron chi connectivity index (χ3n) is 5.50. The molecule has 2 aromatic carbocycles. The van der Waals surface area contributed by atoms with Crippen LogP contribution in [0.1, 0.15) is 24.2 Å². The van der Waals surface area contributed by atoms with Crippen molar-refractivity contribution in [3.8, 4) is 0 Å². The first-order valence-electron chi connectivity index (χ1n) is 9.11. The number of aromatic amines is 1. The molecule has 0 radical (unpaired) electrons. The number of fused-ring (bicyclic) bond motifs is 4. The molecular formula is C21H19BrN4O. The summed E-state index contributed by atoms with van der Waals surface area (Å²) in [6.45, 7) is 3.33. The van der Waals surface area contributed by atoms with E-state index in [1.165, 1.54) is 16.6 Å². The molecule has 3 heterocycles. The lowest BCUT2D eigenvalue weighted by Crippen LogP contribution is -2.39. The van der Waals surface area contributed by atoms with Gasteiger partial charge in [0.2, 0.25) is 5.91 Å². The van der Waals surface area contributed by atoms with Gasteiger partial charge in [0.05, 0.1) is 17.4 Å². The Morgan fingerprint density at radius 1 is 1.26 bits per heavy atom. The zero-order valence-corrected chi connectivity index (χ0v) is 16.5. The monoisotopic (exact) mass is 422 g/mol. The van der Waals surface area contributed by atoms with Gasteiger partial charge >= 0.3 is 0 Å². The fraction of sp³-hybridized carbons (Fsp3) is 0.238. The maximum absolute atomic E-state index is 13.2. The SMILES string of the molecule is CC(C(=O)N1CCc2[nH]c3ccc(Br)cc3c2C1)n1cnc2ccccc21. The number of para-hydroxylation sites is 2. The van der Waals surface area contributed by atoms with Crippen LogP contribution in [-0.4, -0.2) is 31.9 Å². The number of benzene rings is 2. The Hall–Kier alpha value is -2.60. The molecule has 6 heteroatoms. The number of hydrogen-bond acceptors (Lipinski definition) is 2. The van der Waals surface area contributed by atoms with Gasteiger partial charge in [0.25, 0.3) is 0 Å². The summed E-state index contributed by atoms with van der Waals surface area (Å²) in [4.78, 5) is 23.1. The van der Waals surface area contributed by atoms with E-state index in [2.05, 4.69) is 38.0 Å². The van der Waals surface area contributed by atoms with Gasteiger partial charge in [-0.2, -0.15) is 0 Å². The summed E-state index contributed by atoms with van der Waals surface area (Å²) < 4.78 is 3.03. The summed E-state index contributed by atoms with van der Waals surface area (Å²) in [5, 5.41) is 1.19. The lowest BCUT2D eigenvalue weighted by atomic mass is 10.0. The van der Waals surface area contributed by atoms with Crippen LogP contribution in [0.2, 0.25) is 0 Å². The van der Waals surface area contributed by atoms with E-state index in [4.69, 9.17) is 0 Å². The van der Waals surface area contributed by atoms with Crippen LogP contribution in [0.4, 0.5) is 0 Å². The van der Waals surface area contributed by atoms with Crippen molar-refractivity contribution in [2.75, 3.05) is 6.54 Å². The summed E-state index contributed by atoms with van der Waals surface area (Å²) in [6, 6.07) is 13.9. The Morgan fingerprint density at radius 2 is 2.11 bits per heavy atom. The molecule has 1 amide bonds. The van der Waals surface area contributed by atoms with Crippen LogP contribution in [0, 0.1) is 0 Å². The Labute approximate surface area is 165 Å². The summed E-state index contributed by atoms with van der Waals surface area (Å²) in [6.07, 6.45) is 2.62. The second kappa shape index (κ2) is 6.23. The average Bonchev–Trinajstić information content (AvgIpc) is 3.27. The number of carbonyl (C=O) groups excluding carboxylic acids is 1. The van der Waals surface area contributed by atoms with E-state index in [0.717, 1.165) is 34.0 Å². The van der Waals surface area contributed by atoms with E-state index in [1.54, 1.807) is 6.33 Å². The van der Waals surface area contributed by atoms with Crippen molar-refractivity contribution in [1.82, 2.24) is 19.4 Å². The highest BCUT2D eigenvalue weighted by molar-refractivity contribution is 9.10. The predicted molar refractivity (Wildman–Crippen MR) is 110 cm³/mol. The standard InChI is InChI=1S/C21H19BrN4O/c1-13(26-12-23-19-4-2-3-5-20(19)26)21(27)25-9-8-18-16(11-25)15-10-14(22)6-7-17(15)24-18/h2-7,10,12-13,24H,8-9,11H2,1H3. The fourth-order valence-electron chi connectivity index (χ4n) is 4.04. The second-order valence-electron chi connectivity index (χ2n) is 7.10. The van der Waals surface area contributed by atoms with Crippen LogP contribution in [0.5, 0.6) is 0 Å². The molecular weight excluding hydrogens is 404 g/mol. The van der Waals surface area contributed by atoms with Crippen molar-refractivity contribution < 1.29 is 4.79 Å². The summed E-state index contributed by atoms with van der Waals surface area (Å²) >= 11 is 3.56. The molecule has 2 aromatic heterocycles. The Morgan fingerprint density at radius 3 is 3.00 bits per heavy atom. The molecule has 4 aromatic rings. The number of halogens is 1. The topological polar surface area (TPSA) is 53.9 Å². The van der Waals surface area contributed by atoms with Gasteiger partial charge in [0.1, 0.15) is 6.04 Å². The van der Waals surface area contributed by atoms with Gasteiger partial charge in [-0.25, -0.2) is 4.98 Å². The molecule has 5 nitrogen and oxygen atoms in total. The molecule has 1 unspecified atom stereocenters. The van der Waals surface area contributed by atoms with Gasteiger partial charge in [-0.1, -0.05) is 28.1 Å². The largest absolute Gasteiger partial charge is 0.358 e. The number of imidazole rings is 1. The van der Waals surface area contributed by atoms with Crippen molar-refractivity contribution in [3.63, 3.8) is 0 Å². The molecule has 1 N–H and O–H groups in total. The summed E-state index contributed by atoms with van der Waals surface area (Å²) in [7, 11) is 0. The number of amides is 1.